The molecule has 4 aliphatic carbocycles. The normalized spacial score (nSPS) is 59.5. The summed E-state index contributed by atoms with van der Waals surface area (Å²) in [6, 6.07) is 0. The predicted octanol–water partition coefficient (Wildman–Crippen LogP) is 3.71. The minimum absolute atomic E-state index is 1.21. The second-order valence-electron chi connectivity index (χ2n) is 5.47. The standard InChI is InChI=1S/C11H16.C2H6/c1-2-7-3-6(1)9-4-8-5-10(8)11(7)9;1-2/h6-11H,1-5H2;1-2H3. The fraction of sp³-hybridized carbons (Fsp3) is 1.00. The third kappa shape index (κ3) is 0.980. The molecule has 13 heavy (non-hydrogen) atoms. The highest BCUT2D eigenvalue weighted by Gasteiger charge is 2.62. The van der Waals surface area contributed by atoms with E-state index in [1.165, 1.54) is 35.5 Å². The van der Waals surface area contributed by atoms with Gasteiger partial charge in [-0.3, -0.25) is 0 Å². The summed E-state index contributed by atoms with van der Waals surface area (Å²) in [4.78, 5) is 0. The molecule has 0 saturated heterocycles. The molecule has 0 amide bonds. The summed E-state index contributed by atoms with van der Waals surface area (Å²) in [5.41, 5.74) is 0. The van der Waals surface area contributed by atoms with E-state index in [1.54, 1.807) is 32.1 Å². The molecule has 0 spiro atoms. The van der Waals surface area contributed by atoms with Gasteiger partial charge in [0, 0.05) is 0 Å². The molecule has 0 aromatic heterocycles. The minimum Gasteiger partial charge on any atom is -0.0683 e. The van der Waals surface area contributed by atoms with E-state index in [0.29, 0.717) is 0 Å². The van der Waals surface area contributed by atoms with Gasteiger partial charge in [-0.2, -0.15) is 0 Å². The van der Waals surface area contributed by atoms with Gasteiger partial charge in [0.05, 0.1) is 0 Å². The molecule has 2 bridgehead atoms. The van der Waals surface area contributed by atoms with Gasteiger partial charge >= 0.3 is 0 Å². The van der Waals surface area contributed by atoms with Crippen LogP contribution in [0.3, 0.4) is 0 Å². The number of hydrogen-bond acceptors (Lipinski definition) is 0. The fourth-order valence-corrected chi connectivity index (χ4v) is 4.83. The Labute approximate surface area is 82.1 Å². The van der Waals surface area contributed by atoms with E-state index in [1.807, 2.05) is 13.8 Å². The van der Waals surface area contributed by atoms with Gasteiger partial charge in [0.1, 0.15) is 0 Å². The summed E-state index contributed by atoms with van der Waals surface area (Å²) >= 11 is 0. The highest BCUT2D eigenvalue weighted by molar-refractivity contribution is 5.11. The maximum absolute atomic E-state index is 2.00. The largest absolute Gasteiger partial charge is 0.0683 e. The lowest BCUT2D eigenvalue weighted by molar-refractivity contribution is 0.225. The summed E-state index contributed by atoms with van der Waals surface area (Å²) in [6.45, 7) is 4.00. The molecule has 0 heteroatoms. The number of hydrogen-bond donors (Lipinski definition) is 0. The topological polar surface area (TPSA) is 0 Å². The van der Waals surface area contributed by atoms with Crippen LogP contribution in [0.4, 0.5) is 0 Å². The Morgan fingerprint density at radius 3 is 2.00 bits per heavy atom. The van der Waals surface area contributed by atoms with Crippen LogP contribution in [-0.4, -0.2) is 0 Å². The van der Waals surface area contributed by atoms with Crippen LogP contribution in [0, 0.1) is 35.5 Å². The Morgan fingerprint density at radius 1 is 0.692 bits per heavy atom. The molecule has 0 radical (unpaired) electrons. The van der Waals surface area contributed by atoms with Gasteiger partial charge in [-0.15, -0.1) is 0 Å². The van der Waals surface area contributed by atoms with Crippen LogP contribution < -0.4 is 0 Å². The molecule has 6 atom stereocenters. The smallest absolute Gasteiger partial charge is 0.0323 e. The first-order valence-electron chi connectivity index (χ1n) is 6.43. The van der Waals surface area contributed by atoms with Crippen molar-refractivity contribution in [1.29, 1.82) is 0 Å². The number of rotatable bonds is 0. The molecule has 0 N–H and O–H groups in total. The molecule has 0 heterocycles. The zero-order valence-corrected chi connectivity index (χ0v) is 9.00. The predicted molar refractivity (Wildman–Crippen MR) is 55.4 cm³/mol. The average Bonchev–Trinajstić information content (AvgIpc) is 2.61. The molecule has 0 aliphatic heterocycles. The summed E-state index contributed by atoms with van der Waals surface area (Å²) in [5.74, 6) is 7.38. The van der Waals surface area contributed by atoms with E-state index < -0.39 is 0 Å². The van der Waals surface area contributed by atoms with E-state index in [-0.39, 0.29) is 0 Å². The van der Waals surface area contributed by atoms with Crippen molar-refractivity contribution in [3.63, 3.8) is 0 Å². The summed E-state index contributed by atoms with van der Waals surface area (Å²) in [7, 11) is 0. The Balaban J connectivity index is 0.000000266. The quantitative estimate of drug-likeness (QED) is 0.530. The summed E-state index contributed by atoms with van der Waals surface area (Å²) in [5, 5.41) is 0. The molecular weight excluding hydrogens is 156 g/mol. The summed E-state index contributed by atoms with van der Waals surface area (Å²) < 4.78 is 0. The highest BCUT2D eigenvalue weighted by Crippen LogP contribution is 2.70. The van der Waals surface area contributed by atoms with Gasteiger partial charge in [-0.1, -0.05) is 13.8 Å². The van der Waals surface area contributed by atoms with Crippen LogP contribution in [0.1, 0.15) is 46.0 Å². The van der Waals surface area contributed by atoms with Gasteiger partial charge in [-0.05, 0) is 67.6 Å². The molecule has 4 rings (SSSR count). The highest BCUT2D eigenvalue weighted by atomic mass is 14.7. The maximum Gasteiger partial charge on any atom is -0.0323 e. The van der Waals surface area contributed by atoms with Crippen molar-refractivity contribution in [2.75, 3.05) is 0 Å². The molecule has 74 valence electrons. The maximum atomic E-state index is 2.00. The van der Waals surface area contributed by atoms with Crippen LogP contribution in [0.25, 0.3) is 0 Å². The molecular formula is C13H22. The fourth-order valence-electron chi connectivity index (χ4n) is 4.83. The second-order valence-corrected chi connectivity index (χ2v) is 5.47. The van der Waals surface area contributed by atoms with Gasteiger partial charge in [-0.25, -0.2) is 0 Å². The molecule has 0 aromatic carbocycles. The van der Waals surface area contributed by atoms with Crippen LogP contribution in [0.2, 0.25) is 0 Å². The lowest BCUT2D eigenvalue weighted by Gasteiger charge is -2.26. The second kappa shape index (κ2) is 2.74. The Hall–Kier alpha value is 0. The van der Waals surface area contributed by atoms with E-state index in [0.717, 1.165) is 0 Å². The molecule has 6 unspecified atom stereocenters. The summed E-state index contributed by atoms with van der Waals surface area (Å²) in [6.07, 6.45) is 8.12. The van der Waals surface area contributed by atoms with Crippen LogP contribution in [-0.2, 0) is 0 Å². The Bertz CT molecular complexity index is 208. The van der Waals surface area contributed by atoms with Gasteiger partial charge in [0.2, 0.25) is 0 Å². The van der Waals surface area contributed by atoms with E-state index >= 15 is 0 Å². The van der Waals surface area contributed by atoms with Crippen molar-refractivity contribution >= 4 is 0 Å². The SMILES string of the molecule is C1CC2CC1C1CC3CC3C21.CC. The lowest BCUT2D eigenvalue weighted by atomic mass is 9.79. The molecule has 0 nitrogen and oxygen atoms in total. The first kappa shape index (κ1) is 8.32. The lowest BCUT2D eigenvalue weighted by Crippen LogP contribution is -2.19. The Morgan fingerprint density at radius 2 is 1.31 bits per heavy atom. The molecule has 4 aliphatic rings. The third-order valence-electron chi connectivity index (χ3n) is 5.20. The van der Waals surface area contributed by atoms with Crippen molar-refractivity contribution in [3.8, 4) is 0 Å². The van der Waals surface area contributed by atoms with Gasteiger partial charge < -0.3 is 0 Å². The van der Waals surface area contributed by atoms with Gasteiger partial charge in [0.25, 0.3) is 0 Å². The molecule has 0 aromatic rings. The van der Waals surface area contributed by atoms with E-state index in [4.69, 9.17) is 0 Å². The monoisotopic (exact) mass is 178 g/mol. The Kier molecular flexibility index (Phi) is 1.76. The first-order chi connectivity index (χ1) is 6.43. The molecule has 4 saturated carbocycles. The van der Waals surface area contributed by atoms with Crippen molar-refractivity contribution in [2.24, 2.45) is 35.5 Å². The zero-order chi connectivity index (χ0) is 9.00. The average molecular weight is 178 g/mol. The van der Waals surface area contributed by atoms with Crippen molar-refractivity contribution in [3.05, 3.63) is 0 Å². The van der Waals surface area contributed by atoms with Crippen molar-refractivity contribution in [2.45, 2.75) is 46.0 Å². The van der Waals surface area contributed by atoms with Crippen LogP contribution >= 0.6 is 0 Å². The first-order valence-corrected chi connectivity index (χ1v) is 6.43. The van der Waals surface area contributed by atoms with Crippen LogP contribution in [0.5, 0.6) is 0 Å². The zero-order valence-electron chi connectivity index (χ0n) is 9.00. The molecule has 4 fully saturated rings. The van der Waals surface area contributed by atoms with Gasteiger partial charge in [0.15, 0.2) is 0 Å². The minimum atomic E-state index is 1.21. The number of fused-ring (bicyclic) bond motifs is 7. The van der Waals surface area contributed by atoms with Crippen molar-refractivity contribution in [1.82, 2.24) is 0 Å². The van der Waals surface area contributed by atoms with Crippen molar-refractivity contribution < 1.29 is 0 Å². The third-order valence-corrected chi connectivity index (χ3v) is 5.20. The van der Waals surface area contributed by atoms with E-state index in [2.05, 4.69) is 0 Å². The van der Waals surface area contributed by atoms with E-state index in [9.17, 15) is 0 Å². The van der Waals surface area contributed by atoms with Crippen LogP contribution in [0.15, 0.2) is 0 Å².